The minimum atomic E-state index is -0.207. The van der Waals surface area contributed by atoms with E-state index in [1.807, 2.05) is 13.1 Å². The van der Waals surface area contributed by atoms with Crippen molar-refractivity contribution in [2.75, 3.05) is 14.2 Å². The van der Waals surface area contributed by atoms with Gasteiger partial charge < -0.3 is 10.1 Å². The lowest BCUT2D eigenvalue weighted by Crippen LogP contribution is -2.06. The first kappa shape index (κ1) is 10.2. The summed E-state index contributed by atoms with van der Waals surface area (Å²) in [6, 6.07) is 5.06. The van der Waals surface area contributed by atoms with E-state index >= 15 is 0 Å². The number of benzene rings is 1. The lowest BCUT2D eigenvalue weighted by molar-refractivity contribution is 0.181. The molecular weight excluding hydrogens is 169 g/mol. The second-order valence-corrected chi connectivity index (χ2v) is 2.89. The van der Waals surface area contributed by atoms with Crippen LogP contribution >= 0.6 is 0 Å². The van der Waals surface area contributed by atoms with E-state index < -0.39 is 0 Å². The number of nitrogens with one attached hydrogen (secondary N) is 1. The first-order valence-corrected chi connectivity index (χ1v) is 4.18. The van der Waals surface area contributed by atoms with Crippen LogP contribution in [0, 0.1) is 5.82 Å². The normalized spacial score (nSPS) is 10.4. The van der Waals surface area contributed by atoms with Crippen LogP contribution in [0.25, 0.3) is 0 Å². The van der Waals surface area contributed by atoms with Crippen LogP contribution in [0.3, 0.4) is 0 Å². The molecule has 0 amide bonds. The standard InChI is InChI=1S/C10H14FNO/c1-12-6-8-3-4-10(11)9(5-8)7-13-2/h3-5,12H,6-7H2,1-2H3. The van der Waals surface area contributed by atoms with E-state index in [-0.39, 0.29) is 5.82 Å². The van der Waals surface area contributed by atoms with Gasteiger partial charge in [0.05, 0.1) is 6.61 Å². The van der Waals surface area contributed by atoms with Gasteiger partial charge in [-0.2, -0.15) is 0 Å². The highest BCUT2D eigenvalue weighted by molar-refractivity contribution is 5.24. The lowest BCUT2D eigenvalue weighted by atomic mass is 10.1. The van der Waals surface area contributed by atoms with E-state index in [9.17, 15) is 4.39 Å². The summed E-state index contributed by atoms with van der Waals surface area (Å²) in [5.41, 5.74) is 1.67. The van der Waals surface area contributed by atoms with Gasteiger partial charge in [-0.25, -0.2) is 4.39 Å². The molecule has 0 aliphatic heterocycles. The Hall–Kier alpha value is -0.930. The van der Waals surface area contributed by atoms with Gasteiger partial charge in [0.2, 0.25) is 0 Å². The number of halogens is 1. The summed E-state index contributed by atoms with van der Waals surface area (Å²) in [5, 5.41) is 3.01. The number of ether oxygens (including phenoxy) is 1. The first-order valence-electron chi connectivity index (χ1n) is 4.18. The highest BCUT2D eigenvalue weighted by Gasteiger charge is 2.02. The predicted molar refractivity (Wildman–Crippen MR) is 49.9 cm³/mol. The SMILES string of the molecule is CNCc1ccc(F)c(COC)c1. The third-order valence-electron chi connectivity index (χ3n) is 1.79. The van der Waals surface area contributed by atoms with Crippen LogP contribution in [0.5, 0.6) is 0 Å². The maximum absolute atomic E-state index is 13.1. The fourth-order valence-corrected chi connectivity index (χ4v) is 1.21. The largest absolute Gasteiger partial charge is 0.380 e. The van der Waals surface area contributed by atoms with Crippen LogP contribution in [0.2, 0.25) is 0 Å². The van der Waals surface area contributed by atoms with Crippen LogP contribution < -0.4 is 5.32 Å². The van der Waals surface area contributed by atoms with Crippen molar-refractivity contribution in [3.8, 4) is 0 Å². The summed E-state index contributed by atoms with van der Waals surface area (Å²) >= 11 is 0. The minimum Gasteiger partial charge on any atom is -0.380 e. The van der Waals surface area contributed by atoms with Crippen molar-refractivity contribution < 1.29 is 9.13 Å². The highest BCUT2D eigenvalue weighted by atomic mass is 19.1. The van der Waals surface area contributed by atoms with Gasteiger partial charge in [0.15, 0.2) is 0 Å². The van der Waals surface area contributed by atoms with Crippen molar-refractivity contribution in [2.45, 2.75) is 13.2 Å². The topological polar surface area (TPSA) is 21.3 Å². The zero-order chi connectivity index (χ0) is 9.68. The summed E-state index contributed by atoms with van der Waals surface area (Å²) in [4.78, 5) is 0. The Labute approximate surface area is 77.7 Å². The Bertz CT molecular complexity index is 276. The van der Waals surface area contributed by atoms with Crippen molar-refractivity contribution in [1.82, 2.24) is 5.32 Å². The van der Waals surface area contributed by atoms with E-state index in [1.54, 1.807) is 13.2 Å². The molecule has 0 aliphatic carbocycles. The maximum Gasteiger partial charge on any atom is 0.128 e. The molecule has 1 rings (SSSR count). The molecule has 0 unspecified atom stereocenters. The second kappa shape index (κ2) is 4.94. The van der Waals surface area contributed by atoms with Gasteiger partial charge in [0, 0.05) is 19.2 Å². The van der Waals surface area contributed by atoms with Gasteiger partial charge in [-0.3, -0.25) is 0 Å². The fraction of sp³-hybridized carbons (Fsp3) is 0.400. The average Bonchev–Trinajstić information content (AvgIpc) is 2.12. The van der Waals surface area contributed by atoms with Crippen LogP contribution in [0.1, 0.15) is 11.1 Å². The molecule has 1 N–H and O–H groups in total. The Morgan fingerprint density at radius 3 is 2.85 bits per heavy atom. The molecule has 0 saturated carbocycles. The average molecular weight is 183 g/mol. The molecular formula is C10H14FNO. The van der Waals surface area contributed by atoms with E-state index in [0.717, 1.165) is 12.1 Å². The van der Waals surface area contributed by atoms with Crippen molar-refractivity contribution >= 4 is 0 Å². The van der Waals surface area contributed by atoms with Gasteiger partial charge in [0.1, 0.15) is 5.82 Å². The molecule has 1 aromatic carbocycles. The van der Waals surface area contributed by atoms with Crippen molar-refractivity contribution in [1.29, 1.82) is 0 Å². The second-order valence-electron chi connectivity index (χ2n) is 2.89. The zero-order valence-corrected chi connectivity index (χ0v) is 7.93. The lowest BCUT2D eigenvalue weighted by Gasteiger charge is -2.05. The zero-order valence-electron chi connectivity index (χ0n) is 7.93. The molecule has 0 aromatic heterocycles. The Morgan fingerprint density at radius 1 is 1.46 bits per heavy atom. The molecule has 0 aliphatic rings. The van der Waals surface area contributed by atoms with Crippen LogP contribution in [-0.4, -0.2) is 14.2 Å². The molecule has 72 valence electrons. The number of methoxy groups -OCH3 is 1. The number of hydrogen-bond donors (Lipinski definition) is 1. The molecule has 0 spiro atoms. The smallest absolute Gasteiger partial charge is 0.128 e. The third kappa shape index (κ3) is 2.79. The molecule has 0 bridgehead atoms. The summed E-state index contributed by atoms with van der Waals surface area (Å²) < 4.78 is 18.0. The molecule has 2 nitrogen and oxygen atoms in total. The third-order valence-corrected chi connectivity index (χ3v) is 1.79. The van der Waals surface area contributed by atoms with Gasteiger partial charge in [-0.15, -0.1) is 0 Å². The monoisotopic (exact) mass is 183 g/mol. The quantitative estimate of drug-likeness (QED) is 0.767. The Morgan fingerprint density at radius 2 is 2.23 bits per heavy atom. The van der Waals surface area contributed by atoms with Crippen molar-refractivity contribution in [2.24, 2.45) is 0 Å². The van der Waals surface area contributed by atoms with E-state index in [0.29, 0.717) is 12.2 Å². The Balaban J connectivity index is 2.83. The molecule has 13 heavy (non-hydrogen) atoms. The molecule has 0 atom stereocenters. The molecule has 0 radical (unpaired) electrons. The van der Waals surface area contributed by atoms with Crippen LogP contribution in [0.4, 0.5) is 4.39 Å². The van der Waals surface area contributed by atoms with Crippen LogP contribution in [0.15, 0.2) is 18.2 Å². The van der Waals surface area contributed by atoms with E-state index in [4.69, 9.17) is 4.74 Å². The van der Waals surface area contributed by atoms with Gasteiger partial charge >= 0.3 is 0 Å². The summed E-state index contributed by atoms with van der Waals surface area (Å²) in [5.74, 6) is -0.207. The summed E-state index contributed by atoms with van der Waals surface area (Å²) in [7, 11) is 3.42. The number of hydrogen-bond acceptors (Lipinski definition) is 2. The fourth-order valence-electron chi connectivity index (χ4n) is 1.21. The first-order chi connectivity index (χ1) is 6.27. The molecule has 0 saturated heterocycles. The summed E-state index contributed by atoms with van der Waals surface area (Å²) in [6.45, 7) is 1.07. The summed E-state index contributed by atoms with van der Waals surface area (Å²) in [6.07, 6.45) is 0. The molecule has 3 heteroatoms. The van der Waals surface area contributed by atoms with Crippen molar-refractivity contribution in [3.05, 3.63) is 35.1 Å². The molecule has 0 heterocycles. The maximum atomic E-state index is 13.1. The predicted octanol–water partition coefficient (Wildman–Crippen LogP) is 1.69. The molecule has 1 aromatic rings. The number of rotatable bonds is 4. The van der Waals surface area contributed by atoms with E-state index in [2.05, 4.69) is 5.32 Å². The van der Waals surface area contributed by atoms with Crippen LogP contribution in [-0.2, 0) is 17.9 Å². The van der Waals surface area contributed by atoms with Gasteiger partial charge in [0.25, 0.3) is 0 Å². The Kier molecular flexibility index (Phi) is 3.86. The van der Waals surface area contributed by atoms with Gasteiger partial charge in [-0.05, 0) is 24.7 Å². The molecule has 0 fully saturated rings. The van der Waals surface area contributed by atoms with Gasteiger partial charge in [-0.1, -0.05) is 6.07 Å². The highest BCUT2D eigenvalue weighted by Crippen LogP contribution is 2.11. The van der Waals surface area contributed by atoms with Crippen molar-refractivity contribution in [3.63, 3.8) is 0 Å². The van der Waals surface area contributed by atoms with E-state index in [1.165, 1.54) is 6.07 Å². The minimum absolute atomic E-state index is 0.207.